The highest BCUT2D eigenvalue weighted by atomic mass is 16.5. The van der Waals surface area contributed by atoms with Crippen LogP contribution in [0.25, 0.3) is 0 Å². The third-order valence-corrected chi connectivity index (χ3v) is 5.22. The highest BCUT2D eigenvalue weighted by Crippen LogP contribution is 2.69. The van der Waals surface area contributed by atoms with E-state index in [1.54, 1.807) is 0 Å². The lowest BCUT2D eigenvalue weighted by Gasteiger charge is -2.58. The Morgan fingerprint density at radius 3 is 3.06 bits per heavy atom. The minimum atomic E-state index is -0.171. The Morgan fingerprint density at radius 1 is 1.56 bits per heavy atom. The van der Waals surface area contributed by atoms with Crippen molar-refractivity contribution in [3.8, 4) is 0 Å². The minimum Gasteiger partial charge on any atom is -0.466 e. The third kappa shape index (κ3) is 1.15. The monoisotopic (exact) mass is 224 g/mol. The van der Waals surface area contributed by atoms with Crippen LogP contribution in [0.4, 0.5) is 0 Å². The van der Waals surface area contributed by atoms with Crippen LogP contribution in [-0.2, 0) is 14.3 Å². The smallest absolute Gasteiger partial charge is 0.308 e. The molecule has 0 aromatic rings. The van der Waals surface area contributed by atoms with Crippen LogP contribution in [-0.4, -0.2) is 24.8 Å². The Morgan fingerprint density at radius 2 is 2.38 bits per heavy atom. The van der Waals surface area contributed by atoms with Crippen LogP contribution in [0.2, 0.25) is 0 Å². The summed E-state index contributed by atoms with van der Waals surface area (Å²) in [4.78, 5) is 11.7. The van der Waals surface area contributed by atoms with Gasteiger partial charge in [-0.2, -0.15) is 0 Å². The van der Waals surface area contributed by atoms with E-state index in [1.165, 1.54) is 12.8 Å². The highest BCUT2D eigenvalue weighted by molar-refractivity contribution is 5.71. The maximum absolute atomic E-state index is 11.7. The highest BCUT2D eigenvalue weighted by Gasteiger charge is 2.69. The van der Waals surface area contributed by atoms with Gasteiger partial charge >= 0.3 is 5.97 Å². The molecule has 3 nitrogen and oxygen atoms in total. The van der Waals surface area contributed by atoms with E-state index in [-0.39, 0.29) is 11.6 Å². The number of ether oxygens (including phenoxy) is 2. The fraction of sp³-hybridized carbons (Fsp3) is 0.923. The van der Waals surface area contributed by atoms with Crippen molar-refractivity contribution in [2.24, 2.45) is 17.3 Å². The van der Waals surface area contributed by atoms with Gasteiger partial charge in [-0.1, -0.05) is 6.92 Å². The van der Waals surface area contributed by atoms with Gasteiger partial charge in [0.05, 0.1) is 25.2 Å². The van der Waals surface area contributed by atoms with Gasteiger partial charge in [0.25, 0.3) is 0 Å². The molecule has 16 heavy (non-hydrogen) atoms. The van der Waals surface area contributed by atoms with Gasteiger partial charge in [-0.3, -0.25) is 4.79 Å². The number of carbonyl (C=O) groups is 1. The van der Waals surface area contributed by atoms with Crippen molar-refractivity contribution in [3.63, 3.8) is 0 Å². The molecule has 0 aromatic heterocycles. The average Bonchev–Trinajstić information content (AvgIpc) is 2.38. The van der Waals surface area contributed by atoms with Crippen LogP contribution >= 0.6 is 0 Å². The summed E-state index contributed by atoms with van der Waals surface area (Å²) < 4.78 is 11.1. The fourth-order valence-electron chi connectivity index (χ4n) is 4.21. The van der Waals surface area contributed by atoms with Gasteiger partial charge in [0.1, 0.15) is 0 Å². The molecule has 0 radical (unpaired) electrons. The number of hydrogen-bond acceptors (Lipinski definition) is 3. The number of rotatable bonds is 3. The zero-order valence-corrected chi connectivity index (χ0v) is 10.1. The molecule has 3 heteroatoms. The molecule has 0 spiro atoms. The molecule has 1 saturated heterocycles. The maximum Gasteiger partial charge on any atom is 0.308 e. The van der Waals surface area contributed by atoms with Crippen molar-refractivity contribution in [2.75, 3.05) is 13.2 Å². The van der Waals surface area contributed by atoms with Crippen molar-refractivity contribution in [2.45, 2.75) is 45.1 Å². The summed E-state index contributed by atoms with van der Waals surface area (Å²) in [6.07, 6.45) is 4.01. The first-order valence-electron chi connectivity index (χ1n) is 6.40. The molecule has 1 heterocycles. The van der Waals surface area contributed by atoms with E-state index >= 15 is 0 Å². The molecule has 3 saturated carbocycles. The van der Waals surface area contributed by atoms with Crippen LogP contribution < -0.4 is 0 Å². The quantitative estimate of drug-likeness (QED) is 0.689. The fourth-order valence-corrected chi connectivity index (χ4v) is 4.21. The second-order valence-corrected chi connectivity index (χ2v) is 5.86. The standard InChI is InChI=1S/C13H20O3/c1-3-15-11(14)7-13-5-4-9-6-10(13)12(9,2)8-16-13/h9-10H,3-8H2,1-2H3/t9-,10+,12-,13-/m0/s1. The van der Waals surface area contributed by atoms with Gasteiger partial charge in [0.2, 0.25) is 0 Å². The second kappa shape index (κ2) is 3.22. The van der Waals surface area contributed by atoms with E-state index < -0.39 is 0 Å². The molecule has 0 N–H and O–H groups in total. The Hall–Kier alpha value is -0.570. The molecule has 4 bridgehead atoms. The molecule has 4 rings (SSSR count). The van der Waals surface area contributed by atoms with Crippen molar-refractivity contribution < 1.29 is 14.3 Å². The molecule has 0 unspecified atom stereocenters. The molecule has 90 valence electrons. The topological polar surface area (TPSA) is 35.5 Å². The molecule has 0 aromatic carbocycles. The summed E-state index contributed by atoms with van der Waals surface area (Å²) >= 11 is 0. The molecule has 4 aliphatic rings. The summed E-state index contributed by atoms with van der Waals surface area (Å²) in [5.74, 6) is 1.36. The molecule has 1 aliphatic heterocycles. The van der Waals surface area contributed by atoms with Crippen LogP contribution in [0.3, 0.4) is 0 Å². The number of carbonyl (C=O) groups excluding carboxylic acids is 1. The predicted molar refractivity (Wildman–Crippen MR) is 58.9 cm³/mol. The zero-order valence-electron chi connectivity index (χ0n) is 10.1. The van der Waals surface area contributed by atoms with Gasteiger partial charge in [-0.25, -0.2) is 0 Å². The van der Waals surface area contributed by atoms with E-state index in [2.05, 4.69) is 6.92 Å². The molecule has 0 amide bonds. The first-order valence-corrected chi connectivity index (χ1v) is 6.40. The third-order valence-electron chi connectivity index (χ3n) is 5.22. The summed E-state index contributed by atoms with van der Waals surface area (Å²) in [5.41, 5.74) is 0.195. The lowest BCUT2D eigenvalue weighted by Crippen LogP contribution is -2.58. The van der Waals surface area contributed by atoms with Gasteiger partial charge < -0.3 is 9.47 Å². The summed E-state index contributed by atoms with van der Waals surface area (Å²) in [6, 6.07) is 0. The molecular formula is C13H20O3. The first-order chi connectivity index (χ1) is 7.61. The van der Waals surface area contributed by atoms with E-state index in [0.717, 1.165) is 18.9 Å². The summed E-state index contributed by atoms with van der Waals surface area (Å²) in [7, 11) is 0. The lowest BCUT2D eigenvalue weighted by molar-refractivity contribution is -0.160. The Labute approximate surface area is 96.5 Å². The largest absolute Gasteiger partial charge is 0.466 e. The Kier molecular flexibility index (Phi) is 2.13. The van der Waals surface area contributed by atoms with E-state index in [9.17, 15) is 4.79 Å². The maximum atomic E-state index is 11.7. The van der Waals surface area contributed by atoms with Gasteiger partial charge in [0, 0.05) is 0 Å². The summed E-state index contributed by atoms with van der Waals surface area (Å²) in [5, 5.41) is 0. The van der Waals surface area contributed by atoms with Gasteiger partial charge in [-0.15, -0.1) is 0 Å². The number of esters is 1. The van der Waals surface area contributed by atoms with Crippen molar-refractivity contribution >= 4 is 5.97 Å². The van der Waals surface area contributed by atoms with Crippen LogP contribution in [0.1, 0.15) is 39.5 Å². The van der Waals surface area contributed by atoms with Gasteiger partial charge in [-0.05, 0) is 43.4 Å². The molecule has 3 aliphatic carbocycles. The average molecular weight is 224 g/mol. The van der Waals surface area contributed by atoms with E-state index in [0.29, 0.717) is 24.4 Å². The van der Waals surface area contributed by atoms with E-state index in [4.69, 9.17) is 9.47 Å². The normalized spacial score (nSPS) is 48.6. The van der Waals surface area contributed by atoms with Crippen LogP contribution in [0.5, 0.6) is 0 Å². The molecular weight excluding hydrogens is 204 g/mol. The lowest BCUT2D eigenvalue weighted by atomic mass is 9.45. The van der Waals surface area contributed by atoms with Crippen molar-refractivity contribution in [1.29, 1.82) is 0 Å². The van der Waals surface area contributed by atoms with Crippen molar-refractivity contribution in [1.82, 2.24) is 0 Å². The zero-order chi connectivity index (χ0) is 11.4. The van der Waals surface area contributed by atoms with E-state index in [1.807, 2.05) is 6.92 Å². The van der Waals surface area contributed by atoms with Crippen LogP contribution in [0.15, 0.2) is 0 Å². The summed E-state index contributed by atoms with van der Waals surface area (Å²) in [6.45, 7) is 5.51. The van der Waals surface area contributed by atoms with Crippen LogP contribution in [0, 0.1) is 17.3 Å². The number of fused-ring (bicyclic) bond motifs is 1. The van der Waals surface area contributed by atoms with Crippen molar-refractivity contribution in [3.05, 3.63) is 0 Å². The van der Waals surface area contributed by atoms with Gasteiger partial charge in [0.15, 0.2) is 0 Å². The Balaban J connectivity index is 1.76. The minimum absolute atomic E-state index is 0.0860. The second-order valence-electron chi connectivity index (χ2n) is 5.86. The number of hydrogen-bond donors (Lipinski definition) is 0. The first kappa shape index (κ1) is 10.6. The molecule has 4 atom stereocenters. The predicted octanol–water partition coefficient (Wildman–Crippen LogP) is 2.14. The Bertz CT molecular complexity index is 325. The molecule has 4 fully saturated rings. The SMILES string of the molecule is CCOC(=O)C[C@@]12CC[C@H]3C[C@@H]1[C@@]3(C)CO2.